The van der Waals surface area contributed by atoms with E-state index < -0.39 is 23.1 Å². The minimum atomic E-state index is -4.51. The Morgan fingerprint density at radius 1 is 1.05 bits per heavy atom. The van der Waals surface area contributed by atoms with Crippen molar-refractivity contribution < 1.29 is 27.8 Å². The standard InChI is InChI=1S/C28H34F3N3O3/c1-18(2)9-7-6-8-14-37-25(35)13-10-19-15-21(27(3,4)5)26(36)24(16-19)34-32-22-12-11-20(28(29,30)31)17-23(22)33-34/h10-13,15-18,36H,6-9,14H2,1-5H3. The number of aromatic nitrogens is 3. The SMILES string of the molecule is CC(C)CCCCCOC(=O)C=Cc1cc(-n2nc3ccc(C(F)(F)F)cc3n2)c(O)c(C(C)(C)C)c1. The van der Waals surface area contributed by atoms with E-state index in [2.05, 4.69) is 24.0 Å². The van der Waals surface area contributed by atoms with Crippen molar-refractivity contribution in [3.05, 3.63) is 53.1 Å². The number of phenolic OH excluding ortho intramolecular Hbond substituents is 1. The fraction of sp³-hybridized carbons (Fsp3) is 0.464. The number of hydrogen-bond acceptors (Lipinski definition) is 5. The Hall–Kier alpha value is -3.36. The summed E-state index contributed by atoms with van der Waals surface area (Å²) in [6.45, 7) is 10.4. The normalized spacial score (nSPS) is 12.7. The molecule has 3 rings (SSSR count). The third-order valence-electron chi connectivity index (χ3n) is 5.93. The van der Waals surface area contributed by atoms with Crippen molar-refractivity contribution in [2.75, 3.05) is 6.61 Å². The summed E-state index contributed by atoms with van der Waals surface area (Å²) in [6.07, 6.45) is 2.44. The van der Waals surface area contributed by atoms with Gasteiger partial charge in [-0.15, -0.1) is 15.0 Å². The van der Waals surface area contributed by atoms with E-state index in [0.29, 0.717) is 23.7 Å². The second kappa shape index (κ2) is 11.4. The van der Waals surface area contributed by atoms with Crippen LogP contribution in [0.15, 0.2) is 36.4 Å². The number of aromatic hydroxyl groups is 1. The maximum Gasteiger partial charge on any atom is 0.416 e. The summed E-state index contributed by atoms with van der Waals surface area (Å²) < 4.78 is 44.6. The molecule has 0 saturated carbocycles. The molecule has 200 valence electrons. The predicted molar refractivity (Wildman–Crippen MR) is 138 cm³/mol. The van der Waals surface area contributed by atoms with Gasteiger partial charge < -0.3 is 9.84 Å². The second-order valence-electron chi connectivity index (χ2n) is 10.6. The average molecular weight is 518 g/mol. The number of ether oxygens (including phenoxy) is 1. The molecule has 0 amide bonds. The number of phenols is 1. The lowest BCUT2D eigenvalue weighted by Crippen LogP contribution is -2.13. The van der Waals surface area contributed by atoms with Crippen molar-refractivity contribution in [1.82, 2.24) is 15.0 Å². The molecule has 37 heavy (non-hydrogen) atoms. The molecular formula is C28H34F3N3O3. The molecule has 6 nitrogen and oxygen atoms in total. The van der Waals surface area contributed by atoms with Gasteiger partial charge in [-0.3, -0.25) is 0 Å². The molecule has 0 fully saturated rings. The van der Waals surface area contributed by atoms with Crippen LogP contribution in [0.1, 0.15) is 77.0 Å². The Kier molecular flexibility index (Phi) is 8.66. The van der Waals surface area contributed by atoms with Crippen molar-refractivity contribution in [2.24, 2.45) is 5.92 Å². The fourth-order valence-corrected chi connectivity index (χ4v) is 3.88. The van der Waals surface area contributed by atoms with Gasteiger partial charge >= 0.3 is 12.1 Å². The first-order valence-corrected chi connectivity index (χ1v) is 12.4. The number of hydrogen-bond donors (Lipinski definition) is 1. The first kappa shape index (κ1) is 28.2. The highest BCUT2D eigenvalue weighted by Gasteiger charge is 2.31. The third-order valence-corrected chi connectivity index (χ3v) is 5.93. The number of rotatable bonds is 9. The summed E-state index contributed by atoms with van der Waals surface area (Å²) in [4.78, 5) is 13.3. The van der Waals surface area contributed by atoms with Crippen molar-refractivity contribution in [3.8, 4) is 11.4 Å². The van der Waals surface area contributed by atoms with Gasteiger partial charge in [0.2, 0.25) is 0 Å². The Labute approximate surface area is 215 Å². The van der Waals surface area contributed by atoms with E-state index in [0.717, 1.165) is 42.6 Å². The molecule has 0 aliphatic heterocycles. The summed E-state index contributed by atoms with van der Waals surface area (Å²) in [5.74, 6) is 0.0924. The molecule has 2 aromatic carbocycles. The van der Waals surface area contributed by atoms with E-state index in [9.17, 15) is 23.1 Å². The van der Waals surface area contributed by atoms with Gasteiger partial charge in [-0.1, -0.05) is 53.9 Å². The van der Waals surface area contributed by atoms with Crippen LogP contribution in [-0.4, -0.2) is 32.7 Å². The molecule has 0 unspecified atom stereocenters. The fourth-order valence-electron chi connectivity index (χ4n) is 3.88. The van der Waals surface area contributed by atoms with Crippen LogP contribution < -0.4 is 0 Å². The number of alkyl halides is 3. The van der Waals surface area contributed by atoms with Gasteiger partial charge in [0, 0.05) is 11.6 Å². The third kappa shape index (κ3) is 7.57. The maximum absolute atomic E-state index is 13.1. The van der Waals surface area contributed by atoms with Gasteiger partial charge in [-0.25, -0.2) is 4.79 Å². The quantitative estimate of drug-likeness (QED) is 0.184. The van der Waals surface area contributed by atoms with Crippen molar-refractivity contribution in [1.29, 1.82) is 0 Å². The van der Waals surface area contributed by atoms with Gasteiger partial charge in [0.1, 0.15) is 22.5 Å². The molecule has 0 bridgehead atoms. The van der Waals surface area contributed by atoms with Crippen LogP contribution in [0.5, 0.6) is 5.75 Å². The topological polar surface area (TPSA) is 77.2 Å². The molecule has 3 aromatic rings. The van der Waals surface area contributed by atoms with Crippen LogP contribution in [0.3, 0.4) is 0 Å². The van der Waals surface area contributed by atoms with E-state index in [-0.39, 0.29) is 22.5 Å². The Morgan fingerprint density at radius 3 is 2.41 bits per heavy atom. The maximum atomic E-state index is 13.1. The van der Waals surface area contributed by atoms with Crippen LogP contribution in [0.25, 0.3) is 22.8 Å². The van der Waals surface area contributed by atoms with Crippen LogP contribution in [0, 0.1) is 5.92 Å². The van der Waals surface area contributed by atoms with Gasteiger partial charge in [0.25, 0.3) is 0 Å². The minimum absolute atomic E-state index is 0.0458. The number of esters is 1. The van der Waals surface area contributed by atoms with E-state index >= 15 is 0 Å². The molecule has 0 atom stereocenters. The van der Waals surface area contributed by atoms with Gasteiger partial charge in [0.05, 0.1) is 12.2 Å². The molecule has 0 saturated heterocycles. The molecule has 1 N–H and O–H groups in total. The lowest BCUT2D eigenvalue weighted by molar-refractivity contribution is -0.138. The molecule has 0 aliphatic rings. The van der Waals surface area contributed by atoms with Crippen LogP contribution in [0.2, 0.25) is 0 Å². The average Bonchev–Trinajstić information content (AvgIpc) is 3.22. The lowest BCUT2D eigenvalue weighted by atomic mass is 9.85. The summed E-state index contributed by atoms with van der Waals surface area (Å²) in [5, 5.41) is 19.5. The van der Waals surface area contributed by atoms with Crippen molar-refractivity contribution in [3.63, 3.8) is 0 Å². The minimum Gasteiger partial charge on any atom is -0.505 e. The van der Waals surface area contributed by atoms with E-state index in [1.807, 2.05) is 20.8 Å². The molecule has 0 radical (unpaired) electrons. The summed E-state index contributed by atoms with van der Waals surface area (Å²) in [6, 6.07) is 6.43. The summed E-state index contributed by atoms with van der Waals surface area (Å²) in [5.41, 5.74) is 0.337. The summed E-state index contributed by atoms with van der Waals surface area (Å²) >= 11 is 0. The number of carbonyl (C=O) groups excluding carboxylic acids is 1. The van der Waals surface area contributed by atoms with Crippen LogP contribution >= 0.6 is 0 Å². The Morgan fingerprint density at radius 2 is 1.76 bits per heavy atom. The van der Waals surface area contributed by atoms with Crippen LogP contribution in [-0.2, 0) is 21.1 Å². The molecule has 1 heterocycles. The highest BCUT2D eigenvalue weighted by atomic mass is 19.4. The number of benzene rings is 2. The second-order valence-corrected chi connectivity index (χ2v) is 10.6. The number of carbonyl (C=O) groups is 1. The van der Waals surface area contributed by atoms with Crippen molar-refractivity contribution in [2.45, 2.75) is 71.9 Å². The van der Waals surface area contributed by atoms with Gasteiger partial charge in [-0.2, -0.15) is 13.2 Å². The molecule has 0 aliphatic carbocycles. The first-order valence-electron chi connectivity index (χ1n) is 12.4. The molecule has 9 heteroatoms. The van der Waals surface area contributed by atoms with E-state index in [4.69, 9.17) is 4.74 Å². The largest absolute Gasteiger partial charge is 0.505 e. The van der Waals surface area contributed by atoms with E-state index in [1.165, 1.54) is 12.1 Å². The zero-order valence-corrected chi connectivity index (χ0v) is 21.9. The van der Waals surface area contributed by atoms with Crippen molar-refractivity contribution >= 4 is 23.1 Å². The number of nitrogens with zero attached hydrogens (tertiary/aromatic N) is 3. The number of halogens is 3. The molecule has 1 aromatic heterocycles. The monoisotopic (exact) mass is 517 g/mol. The highest BCUT2D eigenvalue weighted by molar-refractivity contribution is 5.87. The first-order chi connectivity index (χ1) is 17.3. The zero-order valence-electron chi connectivity index (χ0n) is 21.9. The Bertz CT molecular complexity index is 1270. The predicted octanol–water partition coefficient (Wildman–Crippen LogP) is 7.22. The number of unbranched alkanes of at least 4 members (excludes halogenated alkanes) is 2. The molecular weight excluding hydrogens is 483 g/mol. The smallest absolute Gasteiger partial charge is 0.416 e. The van der Waals surface area contributed by atoms with Gasteiger partial charge in [0.15, 0.2) is 0 Å². The van der Waals surface area contributed by atoms with Crippen LogP contribution in [0.4, 0.5) is 13.2 Å². The summed E-state index contributed by atoms with van der Waals surface area (Å²) in [7, 11) is 0. The van der Waals surface area contributed by atoms with Gasteiger partial charge in [-0.05, 0) is 59.7 Å². The number of fused-ring (bicyclic) bond motifs is 1. The van der Waals surface area contributed by atoms with E-state index in [1.54, 1.807) is 18.2 Å². The zero-order chi connectivity index (χ0) is 27.4. The Balaban J connectivity index is 1.85. The lowest BCUT2D eigenvalue weighted by Gasteiger charge is -2.22. The molecule has 0 spiro atoms. The highest BCUT2D eigenvalue weighted by Crippen LogP contribution is 2.37.